The summed E-state index contributed by atoms with van der Waals surface area (Å²) in [4.78, 5) is 9.76. The maximum atomic E-state index is 12.2. The topological polar surface area (TPSA) is 86.5 Å². The SMILES string of the molecule is O=[N+]([O-])c1ccc(S(=O)(=O)C2COCC2Br)cc1. The van der Waals surface area contributed by atoms with Gasteiger partial charge in [0.1, 0.15) is 5.25 Å². The third kappa shape index (κ3) is 2.40. The van der Waals surface area contributed by atoms with E-state index in [4.69, 9.17) is 4.74 Å². The predicted octanol–water partition coefficient (Wildman–Crippen LogP) is 1.53. The number of alkyl halides is 1. The van der Waals surface area contributed by atoms with Crippen LogP contribution < -0.4 is 0 Å². The summed E-state index contributed by atoms with van der Waals surface area (Å²) < 4.78 is 29.6. The second-order valence-corrected chi connectivity index (χ2v) is 7.23. The van der Waals surface area contributed by atoms with Crippen molar-refractivity contribution in [2.75, 3.05) is 13.2 Å². The molecule has 0 N–H and O–H groups in total. The fourth-order valence-corrected chi connectivity index (χ4v) is 4.52. The van der Waals surface area contributed by atoms with E-state index in [1.807, 2.05) is 0 Å². The van der Waals surface area contributed by atoms with Crippen molar-refractivity contribution in [1.82, 2.24) is 0 Å². The van der Waals surface area contributed by atoms with Gasteiger partial charge in [0.25, 0.3) is 5.69 Å². The van der Waals surface area contributed by atoms with Crippen LogP contribution >= 0.6 is 15.9 Å². The largest absolute Gasteiger partial charge is 0.379 e. The summed E-state index contributed by atoms with van der Waals surface area (Å²) in [5, 5.41) is 9.85. The van der Waals surface area contributed by atoms with Crippen molar-refractivity contribution >= 4 is 31.5 Å². The molecule has 0 aliphatic carbocycles. The fraction of sp³-hybridized carbons (Fsp3) is 0.400. The van der Waals surface area contributed by atoms with Crippen LogP contribution in [0.25, 0.3) is 0 Å². The molecule has 1 aromatic carbocycles. The highest BCUT2D eigenvalue weighted by atomic mass is 79.9. The number of nitro benzene ring substituents is 1. The first-order valence-corrected chi connectivity index (χ1v) is 7.59. The molecule has 0 bridgehead atoms. The maximum absolute atomic E-state index is 12.2. The molecule has 1 saturated heterocycles. The Morgan fingerprint density at radius 3 is 2.33 bits per heavy atom. The molecule has 6 nitrogen and oxygen atoms in total. The quantitative estimate of drug-likeness (QED) is 0.475. The van der Waals surface area contributed by atoms with Crippen molar-refractivity contribution in [2.45, 2.75) is 15.0 Å². The van der Waals surface area contributed by atoms with Gasteiger partial charge in [-0.2, -0.15) is 0 Å². The van der Waals surface area contributed by atoms with Gasteiger partial charge in [0, 0.05) is 12.1 Å². The lowest BCUT2D eigenvalue weighted by Crippen LogP contribution is -2.29. The molecule has 1 fully saturated rings. The Morgan fingerprint density at radius 2 is 1.89 bits per heavy atom. The standard InChI is InChI=1S/C10H10BrNO5S/c11-9-5-17-6-10(9)18(15,16)8-3-1-7(2-4-8)12(13)14/h1-4,9-10H,5-6H2. The van der Waals surface area contributed by atoms with Crippen LogP contribution in [0, 0.1) is 10.1 Å². The van der Waals surface area contributed by atoms with Crippen molar-refractivity contribution in [3.05, 3.63) is 34.4 Å². The average molecular weight is 336 g/mol. The fourth-order valence-electron chi connectivity index (χ4n) is 1.72. The Hall–Kier alpha value is -0.990. The van der Waals surface area contributed by atoms with Gasteiger partial charge in [-0.3, -0.25) is 10.1 Å². The zero-order chi connectivity index (χ0) is 13.3. The van der Waals surface area contributed by atoms with Gasteiger partial charge in [0.15, 0.2) is 9.84 Å². The second kappa shape index (κ2) is 4.94. The van der Waals surface area contributed by atoms with Gasteiger partial charge < -0.3 is 4.74 Å². The summed E-state index contributed by atoms with van der Waals surface area (Å²) in [6.45, 7) is 0.478. The van der Waals surface area contributed by atoms with E-state index in [0.717, 1.165) is 0 Å². The molecule has 98 valence electrons. The van der Waals surface area contributed by atoms with E-state index in [2.05, 4.69) is 15.9 Å². The number of nitro groups is 1. The van der Waals surface area contributed by atoms with Crippen LogP contribution in [-0.2, 0) is 14.6 Å². The van der Waals surface area contributed by atoms with Crippen molar-refractivity contribution in [1.29, 1.82) is 0 Å². The number of halogens is 1. The van der Waals surface area contributed by atoms with Gasteiger partial charge in [0.05, 0.1) is 27.9 Å². The highest BCUT2D eigenvalue weighted by molar-refractivity contribution is 9.09. The van der Waals surface area contributed by atoms with Crippen LogP contribution in [0.5, 0.6) is 0 Å². The molecule has 0 aromatic heterocycles. The molecule has 2 rings (SSSR count). The molecule has 1 aromatic rings. The number of benzene rings is 1. The van der Waals surface area contributed by atoms with Crippen LogP contribution in [0.2, 0.25) is 0 Å². The van der Waals surface area contributed by atoms with Crippen molar-refractivity contribution < 1.29 is 18.1 Å². The molecular formula is C10H10BrNO5S. The lowest BCUT2D eigenvalue weighted by atomic mass is 10.3. The van der Waals surface area contributed by atoms with Gasteiger partial charge in [-0.15, -0.1) is 0 Å². The van der Waals surface area contributed by atoms with Crippen LogP contribution in [0.1, 0.15) is 0 Å². The first-order valence-electron chi connectivity index (χ1n) is 5.13. The molecule has 8 heteroatoms. The number of rotatable bonds is 3. The monoisotopic (exact) mass is 335 g/mol. The molecule has 0 amide bonds. The first-order chi connectivity index (χ1) is 8.43. The molecule has 2 unspecified atom stereocenters. The number of nitrogens with zero attached hydrogens (tertiary/aromatic N) is 1. The molecule has 1 heterocycles. The third-order valence-corrected chi connectivity index (χ3v) is 6.18. The minimum absolute atomic E-state index is 0.0769. The smallest absolute Gasteiger partial charge is 0.269 e. The Labute approximate surface area is 112 Å². The number of ether oxygens (including phenoxy) is 1. The highest BCUT2D eigenvalue weighted by Crippen LogP contribution is 2.27. The third-order valence-electron chi connectivity index (χ3n) is 2.74. The Bertz CT molecular complexity index is 556. The van der Waals surface area contributed by atoms with E-state index in [9.17, 15) is 18.5 Å². The zero-order valence-electron chi connectivity index (χ0n) is 9.15. The van der Waals surface area contributed by atoms with Crippen LogP contribution in [0.3, 0.4) is 0 Å². The van der Waals surface area contributed by atoms with E-state index in [1.165, 1.54) is 24.3 Å². The molecule has 0 spiro atoms. The van der Waals surface area contributed by atoms with Gasteiger partial charge in [0.2, 0.25) is 0 Å². The van der Waals surface area contributed by atoms with E-state index < -0.39 is 20.0 Å². The van der Waals surface area contributed by atoms with Crippen molar-refractivity contribution in [2.24, 2.45) is 0 Å². The minimum Gasteiger partial charge on any atom is -0.379 e. The van der Waals surface area contributed by atoms with E-state index in [-0.39, 0.29) is 22.0 Å². The molecule has 18 heavy (non-hydrogen) atoms. The normalized spacial score (nSPS) is 24.1. The summed E-state index contributed by atoms with van der Waals surface area (Å²) in [6.07, 6.45) is 0. The average Bonchev–Trinajstić information content (AvgIpc) is 2.76. The molecule has 1 aliphatic heterocycles. The maximum Gasteiger partial charge on any atom is 0.269 e. The highest BCUT2D eigenvalue weighted by Gasteiger charge is 2.38. The zero-order valence-corrected chi connectivity index (χ0v) is 11.6. The second-order valence-electron chi connectivity index (χ2n) is 3.89. The Morgan fingerprint density at radius 1 is 1.28 bits per heavy atom. The molecule has 0 saturated carbocycles. The lowest BCUT2D eigenvalue weighted by molar-refractivity contribution is -0.384. The van der Waals surface area contributed by atoms with E-state index in [1.54, 1.807) is 0 Å². The number of hydrogen-bond donors (Lipinski definition) is 0. The van der Waals surface area contributed by atoms with E-state index in [0.29, 0.717) is 6.61 Å². The summed E-state index contributed by atoms with van der Waals surface area (Å²) in [5.74, 6) is 0. The lowest BCUT2D eigenvalue weighted by Gasteiger charge is -2.12. The van der Waals surface area contributed by atoms with Crippen molar-refractivity contribution in [3.63, 3.8) is 0 Å². The van der Waals surface area contributed by atoms with Gasteiger partial charge in [-0.05, 0) is 12.1 Å². The van der Waals surface area contributed by atoms with Crippen LogP contribution in [-0.4, -0.2) is 36.6 Å². The summed E-state index contributed by atoms with van der Waals surface area (Å²) in [7, 11) is -3.52. The number of sulfone groups is 1. The summed E-state index contributed by atoms with van der Waals surface area (Å²) >= 11 is 3.26. The number of hydrogen-bond acceptors (Lipinski definition) is 5. The number of non-ortho nitro benzene ring substituents is 1. The van der Waals surface area contributed by atoms with Gasteiger partial charge in [-0.25, -0.2) is 8.42 Å². The van der Waals surface area contributed by atoms with Gasteiger partial charge >= 0.3 is 0 Å². The van der Waals surface area contributed by atoms with E-state index >= 15 is 0 Å². The summed E-state index contributed by atoms with van der Waals surface area (Å²) in [6, 6.07) is 4.88. The minimum atomic E-state index is -3.52. The summed E-state index contributed by atoms with van der Waals surface area (Å²) in [5.41, 5.74) is -0.132. The van der Waals surface area contributed by atoms with Crippen molar-refractivity contribution in [3.8, 4) is 0 Å². The van der Waals surface area contributed by atoms with Crippen LogP contribution in [0.15, 0.2) is 29.2 Å². The molecular weight excluding hydrogens is 326 g/mol. The first kappa shape index (κ1) is 13.4. The van der Waals surface area contributed by atoms with Gasteiger partial charge in [-0.1, -0.05) is 15.9 Å². The predicted molar refractivity (Wildman–Crippen MR) is 67.6 cm³/mol. The van der Waals surface area contributed by atoms with Crippen LogP contribution in [0.4, 0.5) is 5.69 Å². The Kier molecular flexibility index (Phi) is 3.69. The molecule has 2 atom stereocenters. The Balaban J connectivity index is 2.33. The molecule has 1 aliphatic rings. The molecule has 0 radical (unpaired) electrons.